The number of carbonyl (C=O) groups excluding carboxylic acids is 8. The van der Waals surface area contributed by atoms with Crippen LogP contribution in [0, 0.1) is 94.7 Å². The van der Waals surface area contributed by atoms with Gasteiger partial charge in [0, 0.05) is 92.4 Å². The summed E-state index contributed by atoms with van der Waals surface area (Å²) < 4.78 is 72.8. The second-order valence-corrected chi connectivity index (χ2v) is 40.7. The minimum atomic E-state index is -1.18. The molecule has 0 aromatic heterocycles. The molecule has 4 unspecified atom stereocenters. The van der Waals surface area contributed by atoms with Crippen molar-refractivity contribution in [1.82, 2.24) is 0 Å². The van der Waals surface area contributed by atoms with Crippen molar-refractivity contribution in [2.24, 2.45) is 94.7 Å². The topological polar surface area (TPSA) is 328 Å². The van der Waals surface area contributed by atoms with E-state index >= 15 is 0 Å². The van der Waals surface area contributed by atoms with E-state index < -0.39 is 97.9 Å². The third-order valence-electron chi connectivity index (χ3n) is 32.8. The van der Waals surface area contributed by atoms with Crippen LogP contribution in [0.2, 0.25) is 0 Å². The van der Waals surface area contributed by atoms with Crippen molar-refractivity contribution in [3.63, 3.8) is 0 Å². The van der Waals surface area contributed by atoms with Crippen molar-refractivity contribution < 1.29 is 116 Å². The first kappa shape index (κ1) is 86.6. The maximum atomic E-state index is 14.3. The van der Waals surface area contributed by atoms with E-state index in [1.165, 1.54) is 127 Å². The second-order valence-electron chi connectivity index (χ2n) is 40.7. The summed E-state index contributed by atoms with van der Waals surface area (Å²) in [6.45, 7) is -2.47. The Morgan fingerprint density at radius 2 is 0.402 bits per heavy atom. The molecular weight excluding hydrogens is 1680 g/mol. The molecule has 4 N–H and O–H groups in total. The zero-order valence-corrected chi connectivity index (χ0v) is 74.6. The largest absolute Gasteiger partial charge is 0.507 e. The molecule has 17 aliphatic carbocycles. The van der Waals surface area contributed by atoms with Gasteiger partial charge in [0.15, 0.2) is 26.4 Å². The van der Waals surface area contributed by atoms with Gasteiger partial charge in [0.25, 0.3) is 0 Å². The Morgan fingerprint density at radius 3 is 0.561 bits per heavy atom. The number of rotatable bonds is 24. The molecule has 0 saturated heterocycles. The fourth-order valence-electron chi connectivity index (χ4n) is 28.1. The molecule has 0 spiro atoms. The van der Waals surface area contributed by atoms with Gasteiger partial charge >= 0.3 is 47.8 Å². The van der Waals surface area contributed by atoms with Crippen LogP contribution in [0.3, 0.4) is 0 Å². The van der Waals surface area contributed by atoms with Crippen molar-refractivity contribution in [3.8, 4) is 46.0 Å². The lowest BCUT2D eigenvalue weighted by Gasteiger charge is -2.53. The summed E-state index contributed by atoms with van der Waals surface area (Å²) >= 11 is 0. The molecule has 16 fully saturated rings. The lowest BCUT2D eigenvalue weighted by molar-refractivity contribution is -0.174. The third-order valence-corrected chi connectivity index (χ3v) is 32.8. The van der Waals surface area contributed by atoms with E-state index in [4.69, 9.17) is 56.8 Å². The van der Waals surface area contributed by atoms with Crippen molar-refractivity contribution >= 4 is 47.8 Å². The molecule has 132 heavy (non-hydrogen) atoms. The van der Waals surface area contributed by atoms with Crippen LogP contribution in [-0.4, -0.2) is 147 Å². The van der Waals surface area contributed by atoms with Crippen molar-refractivity contribution in [2.75, 3.05) is 54.9 Å². The average Bonchev–Trinajstić information content (AvgIpc) is 0.725. The summed E-state index contributed by atoms with van der Waals surface area (Å²) in [7, 11) is 5.68. The van der Waals surface area contributed by atoms with Crippen LogP contribution < -0.4 is 18.9 Å². The van der Waals surface area contributed by atoms with E-state index in [9.17, 15) is 58.8 Å². The summed E-state index contributed by atoms with van der Waals surface area (Å²) in [6.07, 6.45) is 20.3. The van der Waals surface area contributed by atoms with Gasteiger partial charge in [-0.1, -0.05) is 48.5 Å². The number of fused-ring (bicyclic) bond motifs is 8. The fraction of sp³-hybridized carbons (Fsp3) is 0.481. The van der Waals surface area contributed by atoms with E-state index in [0.29, 0.717) is 91.9 Å². The molecule has 0 amide bonds. The molecule has 24 bridgehead atoms. The molecule has 8 aromatic rings. The Labute approximate surface area is 765 Å². The normalized spacial score (nSPS) is 30.5. The maximum absolute atomic E-state index is 14.3. The summed E-state index contributed by atoms with van der Waals surface area (Å²) in [5.74, 6) is -3.96. The van der Waals surface area contributed by atoms with Crippen molar-refractivity contribution in [1.29, 1.82) is 0 Å². The van der Waals surface area contributed by atoms with E-state index in [1.54, 1.807) is 72.8 Å². The summed E-state index contributed by atoms with van der Waals surface area (Å²) in [5.41, 5.74) is 3.92. The molecule has 4 atom stereocenters. The molecule has 0 heterocycles. The molecule has 8 aromatic carbocycles. The van der Waals surface area contributed by atoms with E-state index in [2.05, 4.69) is 0 Å². The van der Waals surface area contributed by atoms with E-state index in [-0.39, 0.29) is 162 Å². The minimum absolute atomic E-state index is 0.0701. The van der Waals surface area contributed by atoms with Gasteiger partial charge in [0.2, 0.25) is 0 Å². The summed E-state index contributed by atoms with van der Waals surface area (Å²) in [4.78, 5) is 112. The monoisotopic (exact) mass is 1790 g/mol. The van der Waals surface area contributed by atoms with Crippen LogP contribution >= 0.6 is 0 Å². The van der Waals surface area contributed by atoms with Gasteiger partial charge in [-0.25, -0.2) is 38.4 Å². The predicted molar refractivity (Wildman–Crippen MR) is 477 cm³/mol. The quantitative estimate of drug-likeness (QED) is 0.0322. The van der Waals surface area contributed by atoms with Crippen molar-refractivity contribution in [2.45, 2.75) is 177 Å². The Morgan fingerprint density at radius 1 is 0.235 bits per heavy atom. The Kier molecular flexibility index (Phi) is 23.3. The molecule has 24 heteroatoms. The molecule has 0 radical (unpaired) electrons. The van der Waals surface area contributed by atoms with Gasteiger partial charge < -0.3 is 77.3 Å². The number of phenolic OH excluding ortho intramolecular Hbond substituents is 4. The zero-order chi connectivity index (χ0) is 90.8. The summed E-state index contributed by atoms with van der Waals surface area (Å²) in [6, 6.07) is 38.2. The molecule has 16 saturated carbocycles. The third kappa shape index (κ3) is 16.6. The Balaban J connectivity index is 0.683. The SMILES string of the molecule is COc1cc(O)c2cc1C(c1ccc(C(=O)OCC(=O)OC3C4CC5CC(C4)CC3C5)cc1)c1cc(c(OC)cc1O)C(c1ccc(C(=O)OCC(=O)OC3C4CC5CC(C4)CC3C5)cc1)c1cc(c(OC)cc1O)C(c1ccc(C(=O)OCC(=O)OC3C4CC5CC(C4)CC3C5)cc1)c1cc(c(OC)cc1O)C2c1ccc(C(=O)OCC(=O)OC2C3CC4CC(C3)CC2C4)cc1. The number of ether oxygens (including phenoxy) is 12. The van der Waals surface area contributed by atoms with E-state index in [1.807, 2.05) is 0 Å². The molecule has 25 rings (SSSR count). The minimum Gasteiger partial charge on any atom is -0.507 e. The molecular formula is C108H112O24. The van der Waals surface area contributed by atoms with Crippen LogP contribution in [0.25, 0.3) is 0 Å². The first-order chi connectivity index (χ1) is 64.0. The Hall–Kier alpha value is -12.1. The van der Waals surface area contributed by atoms with Gasteiger partial charge in [-0.05, 0) is 318 Å². The zero-order valence-electron chi connectivity index (χ0n) is 74.6. The highest BCUT2D eigenvalue weighted by atomic mass is 16.6. The number of hydrogen-bond acceptors (Lipinski definition) is 24. The number of aromatic hydroxyl groups is 4. The van der Waals surface area contributed by atoms with Gasteiger partial charge in [-0.15, -0.1) is 0 Å². The highest BCUT2D eigenvalue weighted by Crippen LogP contribution is 2.61. The smallest absolute Gasteiger partial charge is 0.344 e. The molecule has 17 aliphatic rings. The lowest BCUT2D eigenvalue weighted by atomic mass is 9.55. The number of hydrogen-bond donors (Lipinski definition) is 4. The number of phenols is 4. The molecule has 0 aliphatic heterocycles. The average molecular weight is 1790 g/mol. The highest BCUT2D eigenvalue weighted by molar-refractivity contribution is 5.93. The lowest BCUT2D eigenvalue weighted by Crippen LogP contribution is -2.50. The second kappa shape index (κ2) is 35.5. The number of esters is 8. The van der Waals surface area contributed by atoms with Crippen LogP contribution in [0.15, 0.2) is 146 Å². The van der Waals surface area contributed by atoms with Gasteiger partial charge in [0.1, 0.15) is 70.4 Å². The first-order valence-corrected chi connectivity index (χ1v) is 47.5. The standard InChI is InChI=1S/C108H112O24/c1-121-89-45-85(109)77-41-81(89)97(61-5-13-65(14-6-61)105(117)125-49-93(113)129-101-69-25-53-21-54(27-69)28-70(101)26-53)78-42-82(90(122-2)46-86(78)110)99(63-9-17-67(18-10-63)107(119)127-51-95(115)131-103-73-33-57-23-58(35-73)36-74(103)34-57)80-44-84(92(124-4)48-88(80)112)100(64-11-19-68(20-12-64)108(120)128-52-96(116)132-104-75-37-59-24-60(39-75)40-76(104)38-59)79-43-83(91(123-3)47-87(79)111)98(77)62-7-15-66(16-8-62)106(118)126-50-94(114)130-102-71-29-55-22-56(31-71)32-72(102)30-55/h5-20,41-48,53-60,69-76,97-104,109-112H,21-40,49-52H2,1-4H3. The number of benzene rings is 8. The predicted octanol–water partition coefficient (Wildman–Crippen LogP) is 17.7. The van der Waals surface area contributed by atoms with Crippen LogP contribution in [-0.2, 0) is 57.1 Å². The first-order valence-electron chi connectivity index (χ1n) is 47.5. The molecule has 688 valence electrons. The fourth-order valence-corrected chi connectivity index (χ4v) is 28.1. The van der Waals surface area contributed by atoms with Gasteiger partial charge in [-0.3, -0.25) is 0 Å². The van der Waals surface area contributed by atoms with Crippen molar-refractivity contribution in [3.05, 3.63) is 235 Å². The Bertz CT molecular complexity index is 5010. The van der Waals surface area contributed by atoms with Gasteiger partial charge in [-0.2, -0.15) is 0 Å². The highest BCUT2D eigenvalue weighted by Gasteiger charge is 2.55. The van der Waals surface area contributed by atoms with Crippen LogP contribution in [0.5, 0.6) is 46.0 Å². The van der Waals surface area contributed by atoms with E-state index in [0.717, 1.165) is 103 Å². The van der Waals surface area contributed by atoms with Gasteiger partial charge in [0.05, 0.1) is 50.7 Å². The summed E-state index contributed by atoms with van der Waals surface area (Å²) in [5, 5.41) is 52.8. The number of methoxy groups -OCH3 is 4. The van der Waals surface area contributed by atoms with Crippen LogP contribution in [0.4, 0.5) is 0 Å². The van der Waals surface area contributed by atoms with Crippen LogP contribution in [0.1, 0.15) is 260 Å². The number of carbonyl (C=O) groups is 8. The maximum Gasteiger partial charge on any atom is 0.344 e. The molecule has 24 nitrogen and oxygen atoms in total.